The van der Waals surface area contributed by atoms with E-state index < -0.39 is 0 Å². The number of carbonyl (C=O) groups is 2. The van der Waals surface area contributed by atoms with Crippen LogP contribution in [0.15, 0.2) is 96.4 Å². The summed E-state index contributed by atoms with van der Waals surface area (Å²) in [6, 6.07) is 29.0. The van der Waals surface area contributed by atoms with E-state index in [0.29, 0.717) is 23.4 Å². The third-order valence-electron chi connectivity index (χ3n) is 7.15. The van der Waals surface area contributed by atoms with E-state index in [1.165, 1.54) is 0 Å². The standard InChI is InChI=1S/C32H26N2O3S/c1-20-8-3-4-9-23(20)30-29-25(32(36)34(30)18-21-14-16-22(37-2)17-15-21)11-7-12-27(29)33-31(35)26-19-38-28-13-6-5-10-24(26)28/h3-17,19,30H,18H2,1-2H3,(H,33,35). The highest BCUT2D eigenvalue weighted by atomic mass is 32.1. The lowest BCUT2D eigenvalue weighted by Gasteiger charge is -2.28. The number of methoxy groups -OCH3 is 1. The Bertz CT molecular complexity index is 1670. The number of rotatable bonds is 6. The number of nitrogens with zero attached hydrogens (tertiary/aromatic N) is 1. The molecule has 0 saturated heterocycles. The third-order valence-corrected chi connectivity index (χ3v) is 8.11. The summed E-state index contributed by atoms with van der Waals surface area (Å²) in [6.07, 6.45) is 0. The third kappa shape index (κ3) is 4.13. The van der Waals surface area contributed by atoms with E-state index in [1.807, 2.05) is 89.1 Å². The van der Waals surface area contributed by atoms with Gasteiger partial charge in [-0.25, -0.2) is 0 Å². The number of thiophene rings is 1. The smallest absolute Gasteiger partial charge is 0.257 e. The first-order valence-electron chi connectivity index (χ1n) is 12.4. The predicted molar refractivity (Wildman–Crippen MR) is 152 cm³/mol. The molecule has 0 fully saturated rings. The van der Waals surface area contributed by atoms with E-state index in [0.717, 1.165) is 38.1 Å². The summed E-state index contributed by atoms with van der Waals surface area (Å²) in [4.78, 5) is 29.2. The van der Waals surface area contributed by atoms with Gasteiger partial charge in [-0.3, -0.25) is 9.59 Å². The summed E-state index contributed by atoms with van der Waals surface area (Å²) in [5, 5.41) is 5.97. The Morgan fingerprint density at radius 3 is 2.50 bits per heavy atom. The molecule has 38 heavy (non-hydrogen) atoms. The van der Waals surface area contributed by atoms with Gasteiger partial charge in [0.25, 0.3) is 11.8 Å². The molecule has 1 N–H and O–H groups in total. The van der Waals surface area contributed by atoms with Crippen LogP contribution in [-0.4, -0.2) is 23.8 Å². The lowest BCUT2D eigenvalue weighted by Crippen LogP contribution is -2.29. The summed E-state index contributed by atoms with van der Waals surface area (Å²) < 4.78 is 6.37. The van der Waals surface area contributed by atoms with Gasteiger partial charge in [-0.15, -0.1) is 11.3 Å². The normalized spacial score (nSPS) is 14.5. The molecule has 0 aliphatic carbocycles. The largest absolute Gasteiger partial charge is 0.497 e. The van der Waals surface area contributed by atoms with Gasteiger partial charge in [-0.2, -0.15) is 0 Å². The Kier molecular flexibility index (Phi) is 6.18. The molecule has 2 heterocycles. The SMILES string of the molecule is COc1ccc(CN2C(=O)c3cccc(NC(=O)c4csc5ccccc45)c3C2c2ccccc2C)cc1. The van der Waals surface area contributed by atoms with Crippen LogP contribution < -0.4 is 10.1 Å². The number of benzene rings is 4. The van der Waals surface area contributed by atoms with Gasteiger partial charge in [0.2, 0.25) is 0 Å². The number of hydrogen-bond acceptors (Lipinski definition) is 4. The second kappa shape index (κ2) is 9.80. The van der Waals surface area contributed by atoms with Crippen molar-refractivity contribution in [1.29, 1.82) is 0 Å². The zero-order valence-corrected chi connectivity index (χ0v) is 21.9. The number of amides is 2. The van der Waals surface area contributed by atoms with Crippen molar-refractivity contribution >= 4 is 38.9 Å². The lowest BCUT2D eigenvalue weighted by atomic mass is 9.93. The first-order valence-corrected chi connectivity index (χ1v) is 13.3. The van der Waals surface area contributed by atoms with Crippen LogP contribution >= 0.6 is 11.3 Å². The second-order valence-corrected chi connectivity index (χ2v) is 10.3. The first-order chi connectivity index (χ1) is 18.5. The van der Waals surface area contributed by atoms with Gasteiger partial charge in [0.15, 0.2) is 0 Å². The summed E-state index contributed by atoms with van der Waals surface area (Å²) in [5.41, 5.74) is 5.85. The summed E-state index contributed by atoms with van der Waals surface area (Å²) in [7, 11) is 1.64. The summed E-state index contributed by atoms with van der Waals surface area (Å²) >= 11 is 1.55. The second-order valence-electron chi connectivity index (χ2n) is 9.41. The molecular formula is C32H26N2O3S. The molecule has 1 unspecified atom stereocenters. The van der Waals surface area contributed by atoms with E-state index in [4.69, 9.17) is 4.74 Å². The van der Waals surface area contributed by atoms with Crippen LogP contribution in [0, 0.1) is 6.92 Å². The van der Waals surface area contributed by atoms with Crippen molar-refractivity contribution in [3.63, 3.8) is 0 Å². The summed E-state index contributed by atoms with van der Waals surface area (Å²) in [5.74, 6) is 0.535. The first kappa shape index (κ1) is 23.9. The molecule has 5 nitrogen and oxygen atoms in total. The fourth-order valence-corrected chi connectivity index (χ4v) is 6.18. The fourth-order valence-electron chi connectivity index (χ4n) is 5.23. The van der Waals surface area contributed by atoms with E-state index in [-0.39, 0.29) is 17.9 Å². The van der Waals surface area contributed by atoms with E-state index >= 15 is 0 Å². The number of hydrogen-bond donors (Lipinski definition) is 1. The van der Waals surface area contributed by atoms with E-state index in [9.17, 15) is 9.59 Å². The van der Waals surface area contributed by atoms with Crippen molar-refractivity contribution in [2.75, 3.05) is 12.4 Å². The number of carbonyl (C=O) groups excluding carboxylic acids is 2. The van der Waals surface area contributed by atoms with Crippen molar-refractivity contribution in [1.82, 2.24) is 4.90 Å². The summed E-state index contributed by atoms with van der Waals surface area (Å²) in [6.45, 7) is 2.49. The van der Waals surface area contributed by atoms with Crippen LogP contribution in [0.2, 0.25) is 0 Å². The highest BCUT2D eigenvalue weighted by Crippen LogP contribution is 2.44. The van der Waals surface area contributed by atoms with Crippen molar-refractivity contribution in [3.05, 3.63) is 130 Å². The number of anilines is 1. The molecule has 0 saturated carbocycles. The number of ether oxygens (including phenoxy) is 1. The maximum absolute atomic E-state index is 13.9. The van der Waals surface area contributed by atoms with Gasteiger partial charge >= 0.3 is 0 Å². The maximum atomic E-state index is 13.9. The fraction of sp³-hybridized carbons (Fsp3) is 0.125. The topological polar surface area (TPSA) is 58.6 Å². The number of fused-ring (bicyclic) bond motifs is 2. The van der Waals surface area contributed by atoms with Gasteiger partial charge < -0.3 is 15.0 Å². The maximum Gasteiger partial charge on any atom is 0.257 e. The van der Waals surface area contributed by atoms with Crippen LogP contribution in [0.5, 0.6) is 5.75 Å². The van der Waals surface area contributed by atoms with Gasteiger partial charge in [0, 0.05) is 38.8 Å². The molecule has 0 radical (unpaired) electrons. The van der Waals surface area contributed by atoms with Crippen LogP contribution in [-0.2, 0) is 6.54 Å². The zero-order valence-electron chi connectivity index (χ0n) is 21.1. The lowest BCUT2D eigenvalue weighted by molar-refractivity contribution is 0.0735. The van der Waals surface area contributed by atoms with Gasteiger partial charge in [-0.1, -0.05) is 60.7 Å². The Labute approximate surface area is 225 Å². The zero-order chi connectivity index (χ0) is 26.2. The van der Waals surface area contributed by atoms with Crippen molar-refractivity contribution < 1.29 is 14.3 Å². The molecule has 1 atom stereocenters. The molecule has 0 spiro atoms. The molecule has 2 amide bonds. The molecule has 6 rings (SSSR count). The average molecular weight is 519 g/mol. The minimum Gasteiger partial charge on any atom is -0.497 e. The molecule has 1 aromatic heterocycles. The van der Waals surface area contributed by atoms with E-state index in [1.54, 1.807) is 18.4 Å². The molecule has 188 valence electrons. The Hall–Kier alpha value is -4.42. The Morgan fingerprint density at radius 1 is 0.947 bits per heavy atom. The predicted octanol–water partition coefficient (Wildman–Crippen LogP) is 7.22. The molecule has 1 aliphatic rings. The highest BCUT2D eigenvalue weighted by molar-refractivity contribution is 7.17. The van der Waals surface area contributed by atoms with E-state index in [2.05, 4.69) is 24.4 Å². The molecule has 5 aromatic rings. The molecule has 6 heteroatoms. The quantitative estimate of drug-likeness (QED) is 0.258. The average Bonchev–Trinajstić information content (AvgIpc) is 3.49. The molecule has 1 aliphatic heterocycles. The minimum absolute atomic E-state index is 0.0545. The van der Waals surface area contributed by atoms with Gasteiger partial charge in [-0.05, 0) is 53.9 Å². The monoisotopic (exact) mass is 518 g/mol. The van der Waals surface area contributed by atoms with Crippen LogP contribution in [0.25, 0.3) is 10.1 Å². The highest BCUT2D eigenvalue weighted by Gasteiger charge is 2.40. The Morgan fingerprint density at radius 2 is 1.71 bits per heavy atom. The molecule has 0 bridgehead atoms. The van der Waals surface area contributed by atoms with Crippen LogP contribution in [0.3, 0.4) is 0 Å². The van der Waals surface area contributed by atoms with Crippen molar-refractivity contribution in [2.24, 2.45) is 0 Å². The number of aryl methyl sites for hydroxylation is 1. The van der Waals surface area contributed by atoms with Crippen LogP contribution in [0.4, 0.5) is 5.69 Å². The molecule has 4 aromatic carbocycles. The molecular weight excluding hydrogens is 492 g/mol. The Balaban J connectivity index is 1.42. The van der Waals surface area contributed by atoms with Gasteiger partial charge in [0.1, 0.15) is 5.75 Å². The minimum atomic E-state index is -0.337. The van der Waals surface area contributed by atoms with Crippen molar-refractivity contribution in [2.45, 2.75) is 19.5 Å². The van der Waals surface area contributed by atoms with Gasteiger partial charge in [0.05, 0.1) is 18.7 Å². The number of nitrogens with one attached hydrogen (secondary N) is 1. The van der Waals surface area contributed by atoms with Crippen LogP contribution in [0.1, 0.15) is 49.0 Å². The van der Waals surface area contributed by atoms with Crippen molar-refractivity contribution in [3.8, 4) is 5.75 Å².